The quantitative estimate of drug-likeness (QED) is 0.234. The Kier molecular flexibility index (Phi) is 11.1. The van der Waals surface area contributed by atoms with Crippen molar-refractivity contribution in [3.63, 3.8) is 0 Å². The van der Waals surface area contributed by atoms with E-state index in [1.165, 1.54) is 12.1 Å². The molecular formula is C33H36F6N4O4. The molecule has 14 heteroatoms. The number of likely N-dealkylation sites (N-methyl/N-ethyl adjacent to an activating group) is 1. The molecule has 1 aliphatic rings. The molecule has 0 unspecified atom stereocenters. The molecule has 3 N–H and O–H groups in total. The molecule has 1 aliphatic heterocycles. The third-order valence-corrected chi connectivity index (χ3v) is 7.87. The van der Waals surface area contributed by atoms with Crippen LogP contribution in [0.5, 0.6) is 5.75 Å². The van der Waals surface area contributed by atoms with Gasteiger partial charge >= 0.3 is 18.4 Å². The number of hydrogen-bond acceptors (Lipinski definition) is 5. The van der Waals surface area contributed by atoms with Gasteiger partial charge in [0.05, 0.1) is 30.2 Å². The van der Waals surface area contributed by atoms with Crippen LogP contribution in [-0.2, 0) is 30.1 Å². The number of ether oxygens (including phenoxy) is 1. The van der Waals surface area contributed by atoms with Crippen molar-refractivity contribution in [2.45, 2.75) is 51.3 Å². The van der Waals surface area contributed by atoms with Gasteiger partial charge in [0.2, 0.25) is 5.91 Å². The van der Waals surface area contributed by atoms with E-state index in [1.54, 1.807) is 30.0 Å². The van der Waals surface area contributed by atoms with Crippen LogP contribution in [0.4, 0.5) is 42.5 Å². The first-order chi connectivity index (χ1) is 22.0. The Balaban J connectivity index is 1.52. The van der Waals surface area contributed by atoms with Gasteiger partial charge in [-0.1, -0.05) is 19.1 Å². The van der Waals surface area contributed by atoms with E-state index in [2.05, 4.69) is 10.6 Å². The SMILES string of the molecule is C[C@H](CO)N1C[C@H](C)[C@@H](CN(C)Cc2ccc(C(F)(F)F)cc2)Oc2ccc(NC(=O)Nc3ccc(C(F)(F)F)cc3)cc2CC1=O. The van der Waals surface area contributed by atoms with Gasteiger partial charge in [-0.25, -0.2) is 4.79 Å². The maximum absolute atomic E-state index is 13.5. The number of fused-ring (bicyclic) bond motifs is 1. The van der Waals surface area contributed by atoms with E-state index in [0.29, 0.717) is 35.7 Å². The molecule has 0 saturated carbocycles. The Bertz CT molecular complexity index is 1530. The summed E-state index contributed by atoms with van der Waals surface area (Å²) in [6.45, 7) is 4.33. The third kappa shape index (κ3) is 9.61. The number of alkyl halides is 6. The molecule has 47 heavy (non-hydrogen) atoms. The Morgan fingerprint density at radius 1 is 0.957 bits per heavy atom. The van der Waals surface area contributed by atoms with Crippen molar-refractivity contribution in [1.82, 2.24) is 9.80 Å². The molecule has 4 rings (SSSR count). The predicted molar refractivity (Wildman–Crippen MR) is 164 cm³/mol. The zero-order valence-corrected chi connectivity index (χ0v) is 26.0. The lowest BCUT2D eigenvalue weighted by Gasteiger charge is -2.34. The van der Waals surface area contributed by atoms with Gasteiger partial charge in [-0.2, -0.15) is 26.3 Å². The molecule has 3 aromatic carbocycles. The van der Waals surface area contributed by atoms with E-state index in [1.807, 2.05) is 18.9 Å². The Morgan fingerprint density at radius 2 is 1.51 bits per heavy atom. The smallest absolute Gasteiger partial charge is 0.416 e. The highest BCUT2D eigenvalue weighted by Gasteiger charge is 2.33. The number of nitrogens with zero attached hydrogens (tertiary/aromatic N) is 2. The maximum Gasteiger partial charge on any atom is 0.416 e. The third-order valence-electron chi connectivity index (χ3n) is 7.87. The van der Waals surface area contributed by atoms with Crippen molar-refractivity contribution < 1.29 is 45.8 Å². The standard InChI is InChI=1S/C33H36F6N4O4/c1-20-16-43(21(2)19-44)30(45)15-23-14-27(41-31(46)40-26-10-8-25(9-11-26)33(37,38)39)12-13-28(23)47-29(20)18-42(3)17-22-4-6-24(7-5-22)32(34,35)36/h4-14,20-21,29,44H,15-19H2,1-3H3,(H2,40,41,46)/t20-,21+,29+/m0/s1. The zero-order chi connectivity index (χ0) is 34.5. The summed E-state index contributed by atoms with van der Waals surface area (Å²) in [5.41, 5.74) is -0.0112. The number of nitrogens with one attached hydrogen (secondary N) is 2. The fraction of sp³-hybridized carbons (Fsp3) is 0.394. The van der Waals surface area contributed by atoms with E-state index in [0.717, 1.165) is 36.4 Å². The van der Waals surface area contributed by atoms with Crippen molar-refractivity contribution in [2.24, 2.45) is 5.92 Å². The summed E-state index contributed by atoms with van der Waals surface area (Å²) in [5, 5.41) is 15.0. The highest BCUT2D eigenvalue weighted by Crippen LogP contribution is 2.32. The van der Waals surface area contributed by atoms with Gasteiger partial charge in [0.15, 0.2) is 0 Å². The van der Waals surface area contributed by atoms with Crippen LogP contribution in [0.15, 0.2) is 66.7 Å². The summed E-state index contributed by atoms with van der Waals surface area (Å²) in [6.07, 6.45) is -9.52. The van der Waals surface area contributed by atoms with Gasteiger partial charge < -0.3 is 25.4 Å². The fourth-order valence-corrected chi connectivity index (χ4v) is 5.24. The molecular weight excluding hydrogens is 630 g/mol. The molecule has 0 bridgehead atoms. The van der Waals surface area contributed by atoms with E-state index in [4.69, 9.17) is 4.74 Å². The van der Waals surface area contributed by atoms with Crippen LogP contribution in [0.3, 0.4) is 0 Å². The average Bonchev–Trinajstić information content (AvgIpc) is 3.03. The summed E-state index contributed by atoms with van der Waals surface area (Å²) in [4.78, 5) is 29.6. The molecule has 3 aromatic rings. The van der Waals surface area contributed by atoms with Crippen LogP contribution < -0.4 is 15.4 Å². The maximum atomic E-state index is 13.5. The van der Waals surface area contributed by atoms with Crippen LogP contribution in [0.25, 0.3) is 0 Å². The minimum absolute atomic E-state index is 0.101. The first-order valence-electron chi connectivity index (χ1n) is 14.8. The highest BCUT2D eigenvalue weighted by molar-refractivity contribution is 6.00. The second-order valence-electron chi connectivity index (χ2n) is 11.8. The number of rotatable bonds is 8. The number of carbonyl (C=O) groups excluding carboxylic acids is 2. The lowest BCUT2D eigenvalue weighted by Crippen LogP contribution is -2.47. The van der Waals surface area contributed by atoms with Crippen molar-refractivity contribution in [3.8, 4) is 5.75 Å². The molecule has 0 saturated heterocycles. The number of halogens is 6. The van der Waals surface area contributed by atoms with Gasteiger partial charge in [-0.3, -0.25) is 9.69 Å². The fourth-order valence-electron chi connectivity index (χ4n) is 5.24. The molecule has 0 aliphatic carbocycles. The van der Waals surface area contributed by atoms with E-state index in [-0.39, 0.29) is 37.1 Å². The van der Waals surface area contributed by atoms with Crippen LogP contribution in [0.1, 0.15) is 36.1 Å². The second kappa shape index (κ2) is 14.6. The van der Waals surface area contributed by atoms with Crippen LogP contribution >= 0.6 is 0 Å². The number of hydrogen-bond donors (Lipinski definition) is 3. The molecule has 254 valence electrons. The number of carbonyl (C=O) groups is 2. The van der Waals surface area contributed by atoms with E-state index >= 15 is 0 Å². The van der Waals surface area contributed by atoms with Crippen molar-refractivity contribution >= 4 is 23.3 Å². The minimum atomic E-state index is -4.51. The van der Waals surface area contributed by atoms with Gasteiger partial charge in [0.1, 0.15) is 11.9 Å². The van der Waals surface area contributed by atoms with Gasteiger partial charge in [-0.05, 0) is 74.1 Å². The monoisotopic (exact) mass is 666 g/mol. The molecule has 0 fully saturated rings. The first kappa shape index (κ1) is 35.6. The number of amides is 3. The van der Waals surface area contributed by atoms with Gasteiger partial charge in [0, 0.05) is 42.5 Å². The summed E-state index contributed by atoms with van der Waals surface area (Å²) in [6, 6.07) is 12.4. The molecule has 8 nitrogen and oxygen atoms in total. The molecule has 1 heterocycles. The normalized spacial score (nSPS) is 18.0. The average molecular weight is 667 g/mol. The van der Waals surface area contributed by atoms with Crippen molar-refractivity contribution in [1.29, 1.82) is 0 Å². The minimum Gasteiger partial charge on any atom is -0.488 e. The lowest BCUT2D eigenvalue weighted by atomic mass is 10.0. The van der Waals surface area contributed by atoms with Crippen LogP contribution in [0.2, 0.25) is 0 Å². The molecule has 0 radical (unpaired) electrons. The lowest BCUT2D eigenvalue weighted by molar-refractivity contribution is -0.138. The zero-order valence-electron chi connectivity index (χ0n) is 26.0. The number of aliphatic hydroxyl groups is 1. The van der Waals surface area contributed by atoms with Crippen molar-refractivity contribution in [2.75, 3.05) is 37.4 Å². The number of aliphatic hydroxyl groups excluding tert-OH is 1. The Hall–Kier alpha value is -4.30. The topological polar surface area (TPSA) is 94.1 Å². The first-order valence-corrected chi connectivity index (χ1v) is 14.8. The Morgan fingerprint density at radius 3 is 2.09 bits per heavy atom. The Labute approximate surface area is 268 Å². The number of urea groups is 1. The molecule has 3 amide bonds. The second-order valence-corrected chi connectivity index (χ2v) is 11.8. The molecule has 3 atom stereocenters. The number of anilines is 2. The van der Waals surface area contributed by atoms with Gasteiger partial charge in [-0.15, -0.1) is 0 Å². The van der Waals surface area contributed by atoms with Gasteiger partial charge in [0.25, 0.3) is 0 Å². The van der Waals surface area contributed by atoms with E-state index in [9.17, 15) is 41.0 Å². The summed E-state index contributed by atoms with van der Waals surface area (Å²) in [7, 11) is 1.81. The van der Waals surface area contributed by atoms with Crippen molar-refractivity contribution in [3.05, 3.63) is 89.0 Å². The van der Waals surface area contributed by atoms with E-state index < -0.39 is 41.7 Å². The number of benzene rings is 3. The summed E-state index contributed by atoms with van der Waals surface area (Å²) in [5.74, 6) is -0.0973. The van der Waals surface area contributed by atoms with Crippen LogP contribution in [-0.4, -0.2) is 65.7 Å². The molecule has 0 spiro atoms. The van der Waals surface area contributed by atoms with Crippen LogP contribution in [0, 0.1) is 5.92 Å². The predicted octanol–water partition coefficient (Wildman–Crippen LogP) is 6.65. The molecule has 0 aromatic heterocycles. The summed E-state index contributed by atoms with van der Waals surface area (Å²) >= 11 is 0. The highest BCUT2D eigenvalue weighted by atomic mass is 19.4. The largest absolute Gasteiger partial charge is 0.488 e. The summed E-state index contributed by atoms with van der Waals surface area (Å²) < 4.78 is 84.0.